The molecule has 0 spiro atoms. The summed E-state index contributed by atoms with van der Waals surface area (Å²) in [5, 5.41) is 12.4. The zero-order valence-corrected chi connectivity index (χ0v) is 18.6. The van der Waals surface area contributed by atoms with Gasteiger partial charge < -0.3 is 15.0 Å². The largest absolute Gasteiger partial charge is 0.417 e. The van der Waals surface area contributed by atoms with Crippen molar-refractivity contribution in [2.75, 3.05) is 26.2 Å². The molecule has 1 N–H and O–H groups in total. The monoisotopic (exact) mass is 465 g/mol. The van der Waals surface area contributed by atoms with Gasteiger partial charge in [-0.1, -0.05) is 24.1 Å². The molecule has 11 heteroatoms. The number of ether oxygens (including phenoxy) is 1. The summed E-state index contributed by atoms with van der Waals surface area (Å²) in [6.45, 7) is 4.12. The van der Waals surface area contributed by atoms with Gasteiger partial charge in [0.25, 0.3) is 5.56 Å². The summed E-state index contributed by atoms with van der Waals surface area (Å²) in [5.74, 6) is 5.64. The van der Waals surface area contributed by atoms with Crippen molar-refractivity contribution in [2.45, 2.75) is 20.0 Å². The number of benzene rings is 1. The molecule has 10 nitrogen and oxygen atoms in total. The molecule has 0 bridgehead atoms. The highest BCUT2D eigenvalue weighted by atomic mass is 35.5. The average Bonchev–Trinajstić information content (AvgIpc) is 3.17. The number of hydrogen-bond donors (Lipinski definition) is 1. The van der Waals surface area contributed by atoms with E-state index < -0.39 is 11.7 Å². The first-order valence-corrected chi connectivity index (χ1v) is 10.6. The molecular weight excluding hydrogens is 446 g/mol. The molecule has 3 heterocycles. The van der Waals surface area contributed by atoms with Gasteiger partial charge in [-0.15, -0.1) is 5.92 Å². The second-order valence-electron chi connectivity index (χ2n) is 7.23. The number of rotatable bonds is 4. The van der Waals surface area contributed by atoms with Gasteiger partial charge in [0.15, 0.2) is 11.2 Å². The quantitative estimate of drug-likeness (QED) is 0.459. The Balaban J connectivity index is 1.78. The molecule has 0 aliphatic carbocycles. The molecule has 1 saturated heterocycles. The molecule has 1 aliphatic heterocycles. The Labute approximate surface area is 194 Å². The highest BCUT2D eigenvalue weighted by Crippen LogP contribution is 2.21. The lowest BCUT2D eigenvalue weighted by Gasteiger charge is -2.26. The van der Waals surface area contributed by atoms with Crippen molar-refractivity contribution in [3.05, 3.63) is 51.0 Å². The minimum atomic E-state index is -0.563. The second kappa shape index (κ2) is 9.74. The summed E-state index contributed by atoms with van der Waals surface area (Å²) in [6.07, 6.45) is -0.563. The van der Waals surface area contributed by atoms with Gasteiger partial charge in [-0.3, -0.25) is 13.9 Å². The maximum Gasteiger partial charge on any atom is 0.417 e. The van der Waals surface area contributed by atoms with Gasteiger partial charge in [0, 0.05) is 26.2 Å². The van der Waals surface area contributed by atoms with Crippen molar-refractivity contribution < 1.29 is 9.53 Å². The topological polar surface area (TPSA) is 118 Å². The molecule has 168 valence electrons. The minimum absolute atomic E-state index is 0.0465. The molecule has 1 amide bonds. The van der Waals surface area contributed by atoms with Crippen molar-refractivity contribution in [3.63, 3.8) is 0 Å². The van der Waals surface area contributed by atoms with Gasteiger partial charge in [0.05, 0.1) is 24.7 Å². The van der Waals surface area contributed by atoms with Gasteiger partial charge in [-0.05, 0) is 30.2 Å². The van der Waals surface area contributed by atoms with E-state index in [1.165, 1.54) is 9.13 Å². The average molecular weight is 466 g/mol. The van der Waals surface area contributed by atoms with E-state index in [1.807, 2.05) is 0 Å². The Bertz CT molecular complexity index is 1370. The first-order chi connectivity index (χ1) is 16.0. The van der Waals surface area contributed by atoms with E-state index in [0.717, 1.165) is 0 Å². The zero-order chi connectivity index (χ0) is 23.4. The Morgan fingerprint density at radius 2 is 2.00 bits per heavy atom. The third kappa shape index (κ3) is 4.53. The van der Waals surface area contributed by atoms with Crippen LogP contribution in [-0.4, -0.2) is 56.3 Å². The molecule has 3 aromatic rings. The SMILES string of the molecule is CC#CCn1c(OC(=O)N2CCNCC2)nc2nc(Cl)n(Cc3ccccc3C#N)c(=O)c21. The zero-order valence-electron chi connectivity index (χ0n) is 17.8. The van der Waals surface area contributed by atoms with Crippen LogP contribution in [0.2, 0.25) is 5.28 Å². The molecule has 4 rings (SSSR count). The Hall–Kier alpha value is -3.86. The summed E-state index contributed by atoms with van der Waals surface area (Å²) in [7, 11) is 0. The maximum absolute atomic E-state index is 13.4. The normalized spacial score (nSPS) is 13.3. The van der Waals surface area contributed by atoms with Crippen molar-refractivity contribution in [1.82, 2.24) is 29.3 Å². The maximum atomic E-state index is 13.4. The van der Waals surface area contributed by atoms with Crippen molar-refractivity contribution in [1.29, 1.82) is 5.26 Å². The minimum Gasteiger partial charge on any atom is -0.375 e. The summed E-state index contributed by atoms with van der Waals surface area (Å²) >= 11 is 6.32. The van der Waals surface area contributed by atoms with E-state index in [0.29, 0.717) is 37.3 Å². The third-order valence-electron chi connectivity index (χ3n) is 5.22. The lowest BCUT2D eigenvalue weighted by Crippen LogP contribution is -2.47. The van der Waals surface area contributed by atoms with Gasteiger partial charge in [-0.2, -0.15) is 15.2 Å². The van der Waals surface area contributed by atoms with E-state index in [9.17, 15) is 14.9 Å². The van der Waals surface area contributed by atoms with Crippen LogP contribution >= 0.6 is 11.6 Å². The summed E-state index contributed by atoms with van der Waals surface area (Å²) < 4.78 is 8.20. The molecule has 1 aliphatic rings. The number of hydrogen-bond acceptors (Lipinski definition) is 7. The van der Waals surface area contributed by atoms with Crippen LogP contribution in [0.5, 0.6) is 6.01 Å². The number of fused-ring (bicyclic) bond motifs is 1. The molecule has 1 aromatic carbocycles. The van der Waals surface area contributed by atoms with E-state index in [1.54, 1.807) is 36.1 Å². The Morgan fingerprint density at radius 1 is 1.24 bits per heavy atom. The summed E-state index contributed by atoms with van der Waals surface area (Å²) in [6, 6.07) is 8.95. The molecule has 0 radical (unpaired) electrons. The van der Waals surface area contributed by atoms with E-state index in [4.69, 9.17) is 16.3 Å². The molecular formula is C22H20ClN7O3. The van der Waals surface area contributed by atoms with E-state index in [-0.39, 0.29) is 35.5 Å². The van der Waals surface area contributed by atoms with Gasteiger partial charge >= 0.3 is 12.1 Å². The van der Waals surface area contributed by atoms with Crippen LogP contribution in [0.25, 0.3) is 11.2 Å². The number of amides is 1. The molecule has 1 fully saturated rings. The first-order valence-electron chi connectivity index (χ1n) is 10.2. The van der Waals surface area contributed by atoms with E-state index in [2.05, 4.69) is 33.2 Å². The fourth-order valence-corrected chi connectivity index (χ4v) is 3.73. The van der Waals surface area contributed by atoms with E-state index >= 15 is 0 Å². The summed E-state index contributed by atoms with van der Waals surface area (Å²) in [4.78, 5) is 36.1. The van der Waals surface area contributed by atoms with Crippen LogP contribution in [0.15, 0.2) is 29.1 Å². The van der Waals surface area contributed by atoms with Gasteiger partial charge in [0.1, 0.15) is 0 Å². The lowest BCUT2D eigenvalue weighted by molar-refractivity contribution is 0.141. The number of aromatic nitrogens is 4. The van der Waals surface area contributed by atoms with Gasteiger partial charge in [-0.25, -0.2) is 4.79 Å². The molecule has 2 aromatic heterocycles. The van der Waals surface area contributed by atoms with Crippen LogP contribution in [-0.2, 0) is 13.1 Å². The summed E-state index contributed by atoms with van der Waals surface area (Å²) in [5.41, 5.74) is 0.731. The molecule has 0 saturated carbocycles. The number of carbonyl (C=O) groups is 1. The van der Waals surface area contributed by atoms with Gasteiger partial charge in [0.2, 0.25) is 5.28 Å². The number of piperazine rings is 1. The second-order valence-corrected chi connectivity index (χ2v) is 7.56. The fourth-order valence-electron chi connectivity index (χ4n) is 3.52. The Kier molecular flexibility index (Phi) is 6.59. The standard InChI is InChI=1S/C22H20ClN7O3/c1-2-3-10-29-17-18(27-21(29)33-22(32)28-11-8-25-9-12-28)26-20(23)30(19(17)31)14-16-7-5-4-6-15(16)13-24/h4-7,25H,8-12,14H2,1H3. The van der Waals surface area contributed by atoms with Crippen molar-refractivity contribution >= 4 is 28.9 Å². The number of imidazole rings is 1. The number of nitriles is 1. The molecule has 0 unspecified atom stereocenters. The van der Waals surface area contributed by atoms with Crippen LogP contribution in [0.4, 0.5) is 4.79 Å². The predicted octanol–water partition coefficient (Wildman–Crippen LogP) is 1.59. The van der Waals surface area contributed by atoms with Crippen LogP contribution in [0.1, 0.15) is 18.1 Å². The third-order valence-corrected chi connectivity index (χ3v) is 5.51. The van der Waals surface area contributed by atoms with Crippen LogP contribution in [0.3, 0.4) is 0 Å². The first kappa shape index (κ1) is 22.3. The molecule has 33 heavy (non-hydrogen) atoms. The smallest absolute Gasteiger partial charge is 0.375 e. The highest BCUT2D eigenvalue weighted by molar-refractivity contribution is 6.28. The number of nitrogens with zero attached hydrogens (tertiary/aromatic N) is 6. The number of halogens is 1. The van der Waals surface area contributed by atoms with Crippen LogP contribution in [0, 0.1) is 23.2 Å². The molecule has 0 atom stereocenters. The Morgan fingerprint density at radius 3 is 2.73 bits per heavy atom. The highest BCUT2D eigenvalue weighted by Gasteiger charge is 2.24. The fraction of sp³-hybridized carbons (Fsp3) is 0.318. The van der Waals surface area contributed by atoms with Crippen LogP contribution < -0.4 is 15.6 Å². The lowest BCUT2D eigenvalue weighted by atomic mass is 10.1. The number of carbonyl (C=O) groups excluding carboxylic acids is 1. The van der Waals surface area contributed by atoms with Crippen molar-refractivity contribution in [2.24, 2.45) is 0 Å². The number of nitrogens with one attached hydrogen (secondary N) is 1. The van der Waals surface area contributed by atoms with Crippen molar-refractivity contribution in [3.8, 4) is 23.9 Å². The predicted molar refractivity (Wildman–Crippen MR) is 121 cm³/mol.